The van der Waals surface area contributed by atoms with Gasteiger partial charge in [0.1, 0.15) is 0 Å². The van der Waals surface area contributed by atoms with E-state index in [1.165, 1.54) is 23.1 Å². The van der Waals surface area contributed by atoms with Crippen molar-refractivity contribution in [2.24, 2.45) is 11.7 Å². The Balaban J connectivity index is 2.21. The molecule has 3 nitrogen and oxygen atoms in total. The smallest absolute Gasteiger partial charge is 0.248 e. The average Bonchev–Trinajstić information content (AvgIpc) is 2.66. The molecule has 2 aromatic rings. The van der Waals surface area contributed by atoms with Gasteiger partial charge in [-0.1, -0.05) is 6.92 Å². The van der Waals surface area contributed by atoms with E-state index >= 15 is 0 Å². The van der Waals surface area contributed by atoms with Crippen LogP contribution in [0, 0.1) is 5.92 Å². The second-order valence-electron chi connectivity index (χ2n) is 5.05. The third-order valence-electron chi connectivity index (χ3n) is 3.72. The summed E-state index contributed by atoms with van der Waals surface area (Å²) < 4.78 is 0. The summed E-state index contributed by atoms with van der Waals surface area (Å²) in [5, 5.41) is 1.17. The molecule has 3 heteroatoms. The third-order valence-corrected chi connectivity index (χ3v) is 3.72. The molecular formula is C14H16N2O. The zero-order chi connectivity index (χ0) is 12.0. The number of carbonyl (C=O) groups excluding carboxylic acids is 1. The number of aryl methyl sites for hydroxylation is 1. The number of primary amides is 1. The van der Waals surface area contributed by atoms with E-state index in [0.29, 0.717) is 5.56 Å². The van der Waals surface area contributed by atoms with Crippen molar-refractivity contribution in [3.05, 3.63) is 35.0 Å². The first-order valence-corrected chi connectivity index (χ1v) is 6.08. The highest BCUT2D eigenvalue weighted by molar-refractivity contribution is 5.98. The molecule has 3 rings (SSSR count). The lowest BCUT2D eigenvalue weighted by Crippen LogP contribution is -2.11. The van der Waals surface area contributed by atoms with E-state index in [4.69, 9.17) is 5.73 Å². The number of benzene rings is 1. The topological polar surface area (TPSA) is 58.9 Å². The summed E-state index contributed by atoms with van der Waals surface area (Å²) in [6, 6.07) is 5.67. The molecule has 3 N–H and O–H groups in total. The minimum Gasteiger partial charge on any atom is -0.366 e. The number of nitrogens with one attached hydrogen (secondary N) is 1. The van der Waals surface area contributed by atoms with Crippen LogP contribution in [0.5, 0.6) is 0 Å². The highest BCUT2D eigenvalue weighted by Crippen LogP contribution is 2.31. The van der Waals surface area contributed by atoms with Gasteiger partial charge in [0.2, 0.25) is 5.91 Å². The Kier molecular flexibility index (Phi) is 2.21. The maximum absolute atomic E-state index is 11.2. The molecule has 0 saturated carbocycles. The molecule has 1 aromatic heterocycles. The first kappa shape index (κ1) is 10.4. The van der Waals surface area contributed by atoms with Crippen molar-refractivity contribution < 1.29 is 4.79 Å². The van der Waals surface area contributed by atoms with Crippen LogP contribution in [-0.2, 0) is 12.8 Å². The van der Waals surface area contributed by atoms with E-state index in [0.717, 1.165) is 24.3 Å². The number of hydrogen-bond donors (Lipinski definition) is 2. The maximum Gasteiger partial charge on any atom is 0.248 e. The molecule has 1 aliphatic rings. The summed E-state index contributed by atoms with van der Waals surface area (Å²) in [4.78, 5) is 14.7. The molecule has 0 radical (unpaired) electrons. The fourth-order valence-corrected chi connectivity index (χ4v) is 2.74. The molecule has 88 valence electrons. The summed E-state index contributed by atoms with van der Waals surface area (Å²) >= 11 is 0. The van der Waals surface area contributed by atoms with Crippen molar-refractivity contribution in [1.29, 1.82) is 0 Å². The molecule has 0 aliphatic heterocycles. The van der Waals surface area contributed by atoms with Crippen molar-refractivity contribution in [3.63, 3.8) is 0 Å². The Bertz CT molecular complexity index is 598. The zero-order valence-corrected chi connectivity index (χ0v) is 9.92. The lowest BCUT2D eigenvalue weighted by atomic mass is 9.87. The van der Waals surface area contributed by atoms with E-state index in [1.807, 2.05) is 12.1 Å². The SMILES string of the molecule is C[C@@H]1CCc2[nH]c3ccc(C(N)=O)cc3c2C1. The van der Waals surface area contributed by atoms with Crippen LogP contribution in [0.4, 0.5) is 0 Å². The minimum atomic E-state index is -0.356. The Morgan fingerprint density at radius 3 is 3.06 bits per heavy atom. The van der Waals surface area contributed by atoms with Crippen LogP contribution in [-0.4, -0.2) is 10.9 Å². The van der Waals surface area contributed by atoms with E-state index in [1.54, 1.807) is 6.07 Å². The number of carbonyl (C=O) groups is 1. The molecule has 0 bridgehead atoms. The predicted octanol–water partition coefficient (Wildman–Crippen LogP) is 2.39. The van der Waals surface area contributed by atoms with Gasteiger partial charge in [0.15, 0.2) is 0 Å². The summed E-state index contributed by atoms with van der Waals surface area (Å²) in [5.74, 6) is 0.365. The van der Waals surface area contributed by atoms with E-state index in [9.17, 15) is 4.79 Å². The van der Waals surface area contributed by atoms with Gasteiger partial charge in [-0.3, -0.25) is 4.79 Å². The van der Waals surface area contributed by atoms with Crippen LogP contribution in [0.3, 0.4) is 0 Å². The number of H-pyrrole nitrogens is 1. The van der Waals surface area contributed by atoms with Crippen molar-refractivity contribution in [2.45, 2.75) is 26.2 Å². The second kappa shape index (κ2) is 3.62. The molecule has 1 atom stereocenters. The fraction of sp³-hybridized carbons (Fsp3) is 0.357. The molecule has 1 aromatic carbocycles. The van der Waals surface area contributed by atoms with Crippen molar-refractivity contribution >= 4 is 16.8 Å². The number of amides is 1. The van der Waals surface area contributed by atoms with Gasteiger partial charge >= 0.3 is 0 Å². The number of nitrogens with two attached hydrogens (primary N) is 1. The largest absolute Gasteiger partial charge is 0.366 e. The molecule has 0 spiro atoms. The maximum atomic E-state index is 11.2. The van der Waals surface area contributed by atoms with Crippen molar-refractivity contribution in [1.82, 2.24) is 4.98 Å². The van der Waals surface area contributed by atoms with Crippen molar-refractivity contribution in [2.75, 3.05) is 0 Å². The first-order chi connectivity index (χ1) is 8.15. The van der Waals surface area contributed by atoms with Crippen LogP contribution in [0.1, 0.15) is 35.0 Å². The third kappa shape index (κ3) is 1.62. The van der Waals surface area contributed by atoms with Gasteiger partial charge in [0, 0.05) is 22.2 Å². The van der Waals surface area contributed by atoms with Gasteiger partial charge in [0.05, 0.1) is 0 Å². The van der Waals surface area contributed by atoms with Crippen LogP contribution in [0.2, 0.25) is 0 Å². The molecule has 0 saturated heterocycles. The lowest BCUT2D eigenvalue weighted by Gasteiger charge is -2.18. The van der Waals surface area contributed by atoms with Gasteiger partial charge in [-0.2, -0.15) is 0 Å². The highest BCUT2D eigenvalue weighted by Gasteiger charge is 2.20. The van der Waals surface area contributed by atoms with Crippen molar-refractivity contribution in [3.8, 4) is 0 Å². The van der Waals surface area contributed by atoms with E-state index in [2.05, 4.69) is 11.9 Å². The van der Waals surface area contributed by atoms with E-state index < -0.39 is 0 Å². The fourth-order valence-electron chi connectivity index (χ4n) is 2.74. The number of hydrogen-bond acceptors (Lipinski definition) is 1. The quantitative estimate of drug-likeness (QED) is 0.773. The van der Waals surface area contributed by atoms with Crippen LogP contribution in [0.25, 0.3) is 10.9 Å². The average molecular weight is 228 g/mol. The molecule has 0 fully saturated rings. The molecular weight excluding hydrogens is 212 g/mol. The Hall–Kier alpha value is -1.77. The summed E-state index contributed by atoms with van der Waals surface area (Å²) in [6.07, 6.45) is 3.44. The first-order valence-electron chi connectivity index (χ1n) is 6.08. The molecule has 1 aliphatic carbocycles. The lowest BCUT2D eigenvalue weighted by molar-refractivity contribution is 0.100. The number of rotatable bonds is 1. The Morgan fingerprint density at radius 1 is 1.47 bits per heavy atom. The number of aromatic nitrogens is 1. The van der Waals surface area contributed by atoms with Crippen LogP contribution >= 0.6 is 0 Å². The second-order valence-corrected chi connectivity index (χ2v) is 5.05. The zero-order valence-electron chi connectivity index (χ0n) is 9.92. The predicted molar refractivity (Wildman–Crippen MR) is 68.0 cm³/mol. The Labute approximate surface area is 100 Å². The van der Waals surface area contributed by atoms with E-state index in [-0.39, 0.29) is 5.91 Å². The van der Waals surface area contributed by atoms with Gasteiger partial charge in [-0.05, 0) is 48.9 Å². The van der Waals surface area contributed by atoms with Gasteiger partial charge in [-0.25, -0.2) is 0 Å². The summed E-state index contributed by atoms with van der Waals surface area (Å²) in [5.41, 5.74) is 9.75. The molecule has 1 amide bonds. The van der Waals surface area contributed by atoms with Crippen LogP contribution in [0.15, 0.2) is 18.2 Å². The normalized spacial score (nSPS) is 19.2. The number of aromatic amines is 1. The molecule has 17 heavy (non-hydrogen) atoms. The standard InChI is InChI=1S/C14H16N2O/c1-8-2-4-12-10(6-8)11-7-9(14(15)17)3-5-13(11)16-12/h3,5,7-8,16H,2,4,6H2,1H3,(H2,15,17)/t8-/m1/s1. The van der Waals surface area contributed by atoms with Gasteiger partial charge in [-0.15, -0.1) is 0 Å². The monoisotopic (exact) mass is 228 g/mol. The highest BCUT2D eigenvalue weighted by atomic mass is 16.1. The number of fused-ring (bicyclic) bond motifs is 3. The molecule has 0 unspecified atom stereocenters. The minimum absolute atomic E-state index is 0.356. The molecule has 1 heterocycles. The van der Waals surface area contributed by atoms with Crippen LogP contribution < -0.4 is 5.73 Å². The van der Waals surface area contributed by atoms with Gasteiger partial charge in [0.25, 0.3) is 0 Å². The Morgan fingerprint density at radius 2 is 2.29 bits per heavy atom. The summed E-state index contributed by atoms with van der Waals surface area (Å²) in [6.45, 7) is 2.28. The summed E-state index contributed by atoms with van der Waals surface area (Å²) in [7, 11) is 0. The van der Waals surface area contributed by atoms with Gasteiger partial charge < -0.3 is 10.7 Å².